The van der Waals surface area contributed by atoms with Crippen LogP contribution in [0, 0.1) is 41.5 Å². The lowest BCUT2D eigenvalue weighted by atomic mass is 9.89. The maximum atomic E-state index is 9.44. The summed E-state index contributed by atoms with van der Waals surface area (Å²) in [7, 11) is -3.53. The minimum Gasteiger partial charge on any atom is -0.149 e. The molecule has 0 saturated heterocycles. The second kappa shape index (κ2) is 20.8. The van der Waals surface area contributed by atoms with E-state index in [4.69, 9.17) is 0 Å². The van der Waals surface area contributed by atoms with Crippen molar-refractivity contribution in [1.29, 1.82) is 0 Å². The third kappa shape index (κ3) is 9.88. The molecule has 0 atom stereocenters. The summed E-state index contributed by atoms with van der Waals surface area (Å²) < 4.78 is 0. The summed E-state index contributed by atoms with van der Waals surface area (Å²) in [6.07, 6.45) is 4.99. The van der Waals surface area contributed by atoms with Crippen LogP contribution in [0.1, 0.15) is 100 Å². The van der Waals surface area contributed by atoms with Crippen molar-refractivity contribution in [2.75, 3.05) is 0 Å². The van der Waals surface area contributed by atoms with E-state index in [2.05, 4.69) is 242 Å². The van der Waals surface area contributed by atoms with Crippen LogP contribution < -0.4 is 15.6 Å². The first-order valence-corrected chi connectivity index (χ1v) is 27.4. The first-order chi connectivity index (χ1) is 33.1. The van der Waals surface area contributed by atoms with E-state index < -0.39 is 7.38 Å². The second-order valence-electron chi connectivity index (χ2n) is 19.1. The van der Waals surface area contributed by atoms with E-state index in [0.29, 0.717) is 0 Å². The average molecular weight is 920 g/mol. The summed E-state index contributed by atoms with van der Waals surface area (Å²) in [5.41, 5.74) is 24.1. The molecule has 0 fully saturated rings. The van der Waals surface area contributed by atoms with Crippen LogP contribution in [-0.2, 0) is 38.5 Å². The normalized spacial score (nSPS) is 11.5. The molecular weight excluding hydrogens is 856 g/mol. The van der Waals surface area contributed by atoms with Crippen molar-refractivity contribution in [1.82, 2.24) is 0 Å². The van der Waals surface area contributed by atoms with Crippen molar-refractivity contribution in [2.45, 2.75) is 80.1 Å². The molecule has 338 valence electrons. The summed E-state index contributed by atoms with van der Waals surface area (Å²) in [6.45, 7) is 14.2. The molecule has 0 unspecified atom stereocenters. The van der Waals surface area contributed by atoms with Gasteiger partial charge in [0.15, 0.2) is 0 Å². The van der Waals surface area contributed by atoms with Gasteiger partial charge in [0, 0.05) is 0 Å². The molecule has 0 aliphatic rings. The van der Waals surface area contributed by atoms with Gasteiger partial charge in [-0.15, -0.1) is 11.1 Å². The van der Waals surface area contributed by atoms with E-state index in [1.807, 2.05) is 0 Å². The predicted octanol–water partition coefficient (Wildman–Crippen LogP) is 14.3. The van der Waals surface area contributed by atoms with Gasteiger partial charge in [-0.05, 0) is 196 Å². The molecule has 0 amide bonds. The Hall–Kier alpha value is -6.51. The van der Waals surface area contributed by atoms with E-state index >= 15 is 0 Å². The molecule has 9 aromatic carbocycles. The molecule has 0 heterocycles. The molecule has 0 spiro atoms. The molecule has 0 bridgehead atoms. The van der Waals surface area contributed by atoms with Crippen LogP contribution in [0.2, 0.25) is 0 Å². The van der Waals surface area contributed by atoms with Gasteiger partial charge in [-0.2, -0.15) is 0 Å². The van der Waals surface area contributed by atoms with Gasteiger partial charge >= 0.3 is 0 Å². The number of hydrogen-bond acceptors (Lipinski definition) is 0. The average Bonchev–Trinajstić information content (AvgIpc) is 3.37. The van der Waals surface area contributed by atoms with Gasteiger partial charge in [0.05, 0.1) is 0 Å². The minimum atomic E-state index is -3.53. The van der Waals surface area contributed by atoms with Gasteiger partial charge in [-0.1, -0.05) is 200 Å². The second-order valence-corrected chi connectivity index (χ2v) is 23.7. The molecule has 0 aliphatic heterocycles. The van der Waals surface area contributed by atoms with Gasteiger partial charge in [-0.3, -0.25) is 0 Å². The van der Waals surface area contributed by atoms with Crippen LogP contribution in [0.15, 0.2) is 200 Å². The number of halogens is 1. The lowest BCUT2D eigenvalue weighted by Gasteiger charge is -2.37. The van der Waals surface area contributed by atoms with Crippen molar-refractivity contribution >= 4 is 34.0 Å². The zero-order valence-electron chi connectivity index (χ0n) is 40.7. The van der Waals surface area contributed by atoms with Crippen molar-refractivity contribution in [3.05, 3.63) is 300 Å². The SMILES string of the molecule is Cc1cc([Si](Cl)(c2cc(C)c(Cc3ccccc3)c(C)c2Cc2ccccc2)c2cc(C)c(Cc3ccccc3)c(C)c2Cc2ccccc2)c(Cc2ccccc2)c(C)c1Cc1ccccc1. The molecule has 68 heavy (non-hydrogen) atoms. The van der Waals surface area contributed by atoms with E-state index in [1.54, 1.807) is 0 Å². The monoisotopic (exact) mass is 918 g/mol. The molecular formula is C66H63ClSi. The van der Waals surface area contributed by atoms with Gasteiger partial charge in [0.1, 0.15) is 0 Å². The van der Waals surface area contributed by atoms with Crippen LogP contribution in [0.4, 0.5) is 0 Å². The predicted molar refractivity (Wildman–Crippen MR) is 294 cm³/mol. The Balaban J connectivity index is 1.40. The van der Waals surface area contributed by atoms with Crippen molar-refractivity contribution in [3.63, 3.8) is 0 Å². The highest BCUT2D eigenvalue weighted by molar-refractivity contribution is 7.40. The summed E-state index contributed by atoms with van der Waals surface area (Å²) >= 11 is 9.44. The zero-order chi connectivity index (χ0) is 47.2. The Labute approximate surface area is 412 Å². The van der Waals surface area contributed by atoms with Crippen molar-refractivity contribution in [2.24, 2.45) is 0 Å². The largest absolute Gasteiger partial charge is 0.248 e. The standard InChI is InChI=1S/C66H63ClSi/c1-46-37-64(61(43-55-31-19-10-20-32-55)49(4)58(46)40-52-25-13-7-14-26-52)68(67,65-38-47(2)59(41-53-27-15-8-16-28-53)50(5)62(65)44-56-33-21-11-22-34-56)66-39-48(3)60(42-54-29-17-9-18-30-54)51(6)63(66)45-57-35-23-12-24-36-57/h7-39H,40-45H2,1-6H3. The van der Waals surface area contributed by atoms with Gasteiger partial charge in [0.25, 0.3) is 0 Å². The van der Waals surface area contributed by atoms with Crippen LogP contribution >= 0.6 is 11.1 Å². The fourth-order valence-electron chi connectivity index (χ4n) is 10.9. The Morgan fingerprint density at radius 1 is 0.265 bits per heavy atom. The zero-order valence-corrected chi connectivity index (χ0v) is 42.4. The highest BCUT2D eigenvalue weighted by atomic mass is 35.6. The van der Waals surface area contributed by atoms with Crippen LogP contribution in [0.25, 0.3) is 0 Å². The molecule has 9 aromatic rings. The lowest BCUT2D eigenvalue weighted by Crippen LogP contribution is -2.66. The maximum Gasteiger partial charge on any atom is 0.248 e. The molecule has 0 aliphatic carbocycles. The number of hydrogen-bond donors (Lipinski definition) is 0. The van der Waals surface area contributed by atoms with Crippen LogP contribution in [0.3, 0.4) is 0 Å². The Kier molecular flexibility index (Phi) is 14.2. The van der Waals surface area contributed by atoms with E-state index in [0.717, 1.165) is 38.5 Å². The Bertz CT molecular complexity index is 2800. The van der Waals surface area contributed by atoms with Crippen molar-refractivity contribution < 1.29 is 0 Å². The summed E-state index contributed by atoms with van der Waals surface area (Å²) in [5.74, 6) is 0. The molecule has 9 rings (SSSR count). The molecule has 2 heteroatoms. The quantitative estimate of drug-likeness (QED) is 0.0546. The van der Waals surface area contributed by atoms with Crippen molar-refractivity contribution in [3.8, 4) is 0 Å². The van der Waals surface area contributed by atoms with Crippen LogP contribution in [0.5, 0.6) is 0 Å². The lowest BCUT2D eigenvalue weighted by molar-refractivity contribution is 1.07. The molecule has 0 saturated carbocycles. The van der Waals surface area contributed by atoms with E-state index in [-0.39, 0.29) is 0 Å². The number of rotatable bonds is 15. The molecule has 0 N–H and O–H groups in total. The highest BCUT2D eigenvalue weighted by Gasteiger charge is 2.45. The van der Waals surface area contributed by atoms with E-state index in [1.165, 1.54) is 116 Å². The summed E-state index contributed by atoms with van der Waals surface area (Å²) in [6, 6.07) is 73.8. The van der Waals surface area contributed by atoms with Crippen LogP contribution in [-0.4, -0.2) is 7.38 Å². The first kappa shape index (κ1) is 46.6. The van der Waals surface area contributed by atoms with E-state index in [9.17, 15) is 11.1 Å². The molecule has 0 nitrogen and oxygen atoms in total. The third-order valence-electron chi connectivity index (χ3n) is 14.7. The Morgan fingerprint density at radius 2 is 0.441 bits per heavy atom. The van der Waals surface area contributed by atoms with Gasteiger partial charge < -0.3 is 0 Å². The number of aryl methyl sites for hydroxylation is 3. The summed E-state index contributed by atoms with van der Waals surface area (Å²) in [4.78, 5) is 0. The minimum absolute atomic E-state index is 0.793. The fourth-order valence-corrected chi connectivity index (χ4v) is 16.6. The smallest absolute Gasteiger partial charge is 0.149 e. The molecule has 0 aromatic heterocycles. The topological polar surface area (TPSA) is 0 Å². The third-order valence-corrected chi connectivity index (χ3v) is 20.1. The fraction of sp³-hybridized carbons (Fsp3) is 0.182. The maximum absolute atomic E-state index is 9.44. The van der Waals surface area contributed by atoms with Gasteiger partial charge in [0.2, 0.25) is 7.38 Å². The van der Waals surface area contributed by atoms with Gasteiger partial charge in [-0.25, -0.2) is 0 Å². The first-order valence-electron chi connectivity index (χ1n) is 24.4. The Morgan fingerprint density at radius 3 is 0.632 bits per heavy atom. The summed E-state index contributed by atoms with van der Waals surface area (Å²) in [5, 5.41) is 3.92. The number of benzene rings is 9. The highest BCUT2D eigenvalue weighted by Crippen LogP contribution is 2.33. The molecule has 0 radical (unpaired) electrons.